The molecule has 0 atom stereocenters. The summed E-state index contributed by atoms with van der Waals surface area (Å²) < 4.78 is 26.6. The third kappa shape index (κ3) is 5.08. The highest BCUT2D eigenvalue weighted by Gasteiger charge is 2.22. The Hall–Kier alpha value is -0.550. The van der Waals surface area contributed by atoms with Gasteiger partial charge in [0.25, 0.3) is 0 Å². The summed E-state index contributed by atoms with van der Waals surface area (Å²) in [6, 6.07) is 7.37. The van der Waals surface area contributed by atoms with Crippen molar-refractivity contribution in [2.24, 2.45) is 5.41 Å². The molecule has 1 aromatic rings. The molecule has 0 amide bonds. The molecule has 0 spiro atoms. The predicted octanol–water partition coefficient (Wildman–Crippen LogP) is 3.37. The van der Waals surface area contributed by atoms with Gasteiger partial charge in [-0.3, -0.25) is 4.72 Å². The van der Waals surface area contributed by atoms with Crippen molar-refractivity contribution in [3.05, 3.63) is 29.8 Å². The minimum Gasteiger partial charge on any atom is -0.283 e. The van der Waals surface area contributed by atoms with Gasteiger partial charge in [0, 0.05) is 5.33 Å². The first-order valence-electron chi connectivity index (χ1n) is 5.38. The van der Waals surface area contributed by atoms with E-state index >= 15 is 0 Å². The highest BCUT2D eigenvalue weighted by Crippen LogP contribution is 2.22. The summed E-state index contributed by atoms with van der Waals surface area (Å²) in [5.41, 5.74) is 1.33. The summed E-state index contributed by atoms with van der Waals surface area (Å²) in [4.78, 5) is 0. The summed E-state index contributed by atoms with van der Waals surface area (Å²) >= 11 is 3.34. The van der Waals surface area contributed by atoms with E-state index in [9.17, 15) is 8.42 Å². The molecule has 5 heteroatoms. The number of benzene rings is 1. The molecular formula is C12H18BrNO2S. The lowest BCUT2D eigenvalue weighted by Gasteiger charge is -2.19. The van der Waals surface area contributed by atoms with E-state index in [2.05, 4.69) is 20.7 Å². The highest BCUT2D eigenvalue weighted by molar-refractivity contribution is 9.08. The van der Waals surface area contributed by atoms with Gasteiger partial charge in [-0.1, -0.05) is 54.9 Å². The molecule has 1 rings (SSSR count). The van der Waals surface area contributed by atoms with Crippen LogP contribution in [0.3, 0.4) is 0 Å². The molecule has 0 aliphatic carbocycles. The Balaban J connectivity index is 2.91. The molecule has 0 radical (unpaired) electrons. The van der Waals surface area contributed by atoms with Crippen LogP contribution in [0.2, 0.25) is 0 Å². The topological polar surface area (TPSA) is 46.2 Å². The van der Waals surface area contributed by atoms with E-state index in [1.807, 2.05) is 39.0 Å². The summed E-state index contributed by atoms with van der Waals surface area (Å²) in [6.07, 6.45) is 0. The van der Waals surface area contributed by atoms with Crippen molar-refractivity contribution in [3.8, 4) is 0 Å². The zero-order valence-electron chi connectivity index (χ0n) is 10.3. The Labute approximate surface area is 112 Å². The van der Waals surface area contributed by atoms with Gasteiger partial charge in [-0.2, -0.15) is 0 Å². The van der Waals surface area contributed by atoms with E-state index in [4.69, 9.17) is 0 Å². The lowest BCUT2D eigenvalue weighted by Crippen LogP contribution is -2.26. The number of nitrogens with one attached hydrogen (secondary N) is 1. The van der Waals surface area contributed by atoms with E-state index in [-0.39, 0.29) is 11.2 Å². The van der Waals surface area contributed by atoms with Crippen molar-refractivity contribution in [1.82, 2.24) is 0 Å². The molecule has 0 saturated heterocycles. The van der Waals surface area contributed by atoms with Gasteiger partial charge < -0.3 is 0 Å². The van der Waals surface area contributed by atoms with E-state index in [1.165, 1.54) is 0 Å². The van der Waals surface area contributed by atoms with Crippen molar-refractivity contribution in [2.45, 2.75) is 26.1 Å². The lowest BCUT2D eigenvalue weighted by atomic mass is 10.0. The van der Waals surface area contributed by atoms with Crippen LogP contribution in [-0.4, -0.2) is 14.2 Å². The number of alkyl halides is 1. The smallest absolute Gasteiger partial charge is 0.233 e. The first-order chi connectivity index (χ1) is 7.73. The molecule has 0 aromatic heterocycles. The second-order valence-corrected chi connectivity index (χ2v) is 7.50. The number of rotatable bonds is 4. The van der Waals surface area contributed by atoms with Gasteiger partial charge in [-0.05, 0) is 17.0 Å². The molecule has 0 unspecified atom stereocenters. The SMILES string of the molecule is CC(C)(C)CS(=O)(=O)Nc1ccccc1CBr. The lowest BCUT2D eigenvalue weighted by molar-refractivity contribution is 0.463. The Bertz CT molecular complexity index is 478. The third-order valence-corrected chi connectivity index (χ3v) is 4.43. The van der Waals surface area contributed by atoms with Crippen LogP contribution >= 0.6 is 15.9 Å². The molecule has 0 aliphatic rings. The van der Waals surface area contributed by atoms with Crippen molar-refractivity contribution < 1.29 is 8.42 Å². The largest absolute Gasteiger partial charge is 0.283 e. The molecule has 1 N–H and O–H groups in total. The number of anilines is 1. The fourth-order valence-electron chi connectivity index (χ4n) is 1.51. The van der Waals surface area contributed by atoms with E-state index in [0.717, 1.165) is 5.56 Å². The van der Waals surface area contributed by atoms with E-state index < -0.39 is 10.0 Å². The zero-order valence-corrected chi connectivity index (χ0v) is 12.7. The van der Waals surface area contributed by atoms with E-state index in [1.54, 1.807) is 6.07 Å². The molecule has 0 heterocycles. The van der Waals surface area contributed by atoms with Gasteiger partial charge in [0.05, 0.1) is 11.4 Å². The fraction of sp³-hybridized carbons (Fsp3) is 0.500. The molecule has 0 bridgehead atoms. The van der Waals surface area contributed by atoms with Crippen molar-refractivity contribution in [2.75, 3.05) is 10.5 Å². The van der Waals surface area contributed by atoms with Crippen LogP contribution in [0.5, 0.6) is 0 Å². The van der Waals surface area contributed by atoms with E-state index in [0.29, 0.717) is 11.0 Å². The minimum atomic E-state index is -3.30. The number of hydrogen-bond donors (Lipinski definition) is 1. The third-order valence-electron chi connectivity index (χ3n) is 2.05. The van der Waals surface area contributed by atoms with Crippen molar-refractivity contribution >= 4 is 31.6 Å². The van der Waals surface area contributed by atoms with Crippen LogP contribution in [0.15, 0.2) is 24.3 Å². The maximum atomic E-state index is 12.0. The maximum absolute atomic E-state index is 12.0. The molecule has 0 fully saturated rings. The maximum Gasteiger partial charge on any atom is 0.233 e. The molecular weight excluding hydrogens is 302 g/mol. The molecule has 1 aromatic carbocycles. The second kappa shape index (κ2) is 5.40. The predicted molar refractivity (Wildman–Crippen MR) is 75.9 cm³/mol. The van der Waals surface area contributed by atoms with Gasteiger partial charge in [0.2, 0.25) is 10.0 Å². The van der Waals surface area contributed by atoms with Crippen LogP contribution in [0.4, 0.5) is 5.69 Å². The Morgan fingerprint density at radius 2 is 1.82 bits per heavy atom. The average Bonchev–Trinajstić information content (AvgIpc) is 2.14. The number of halogens is 1. The number of para-hydroxylation sites is 1. The summed E-state index contributed by atoms with van der Waals surface area (Å²) in [5, 5.41) is 0.626. The normalized spacial score (nSPS) is 12.5. The van der Waals surface area contributed by atoms with Gasteiger partial charge in [0.1, 0.15) is 0 Å². The second-order valence-electron chi connectivity index (χ2n) is 5.21. The molecule has 3 nitrogen and oxygen atoms in total. The summed E-state index contributed by atoms with van der Waals surface area (Å²) in [6.45, 7) is 5.72. The van der Waals surface area contributed by atoms with Crippen LogP contribution in [-0.2, 0) is 15.4 Å². The molecule has 96 valence electrons. The van der Waals surface area contributed by atoms with Gasteiger partial charge in [-0.15, -0.1) is 0 Å². The highest BCUT2D eigenvalue weighted by atomic mass is 79.9. The quantitative estimate of drug-likeness (QED) is 0.865. The van der Waals surface area contributed by atoms with Crippen LogP contribution in [0, 0.1) is 5.41 Å². The standard InChI is InChI=1S/C12H18BrNO2S/c1-12(2,3)9-17(15,16)14-11-7-5-4-6-10(11)8-13/h4-7,14H,8-9H2,1-3H3. The van der Waals surface area contributed by atoms with Gasteiger partial charge >= 0.3 is 0 Å². The van der Waals surface area contributed by atoms with Crippen molar-refractivity contribution in [1.29, 1.82) is 0 Å². The Morgan fingerprint density at radius 1 is 1.24 bits per heavy atom. The van der Waals surface area contributed by atoms with Crippen molar-refractivity contribution in [3.63, 3.8) is 0 Å². The molecule has 17 heavy (non-hydrogen) atoms. The molecule has 0 aliphatic heterocycles. The number of hydrogen-bond acceptors (Lipinski definition) is 2. The number of sulfonamides is 1. The first-order valence-corrected chi connectivity index (χ1v) is 8.15. The monoisotopic (exact) mass is 319 g/mol. The van der Waals surface area contributed by atoms with Crippen LogP contribution < -0.4 is 4.72 Å². The Morgan fingerprint density at radius 3 is 2.35 bits per heavy atom. The van der Waals surface area contributed by atoms with Gasteiger partial charge in [0.15, 0.2) is 0 Å². The Kier molecular flexibility index (Phi) is 4.61. The zero-order chi connectivity index (χ0) is 13.1. The van der Waals surface area contributed by atoms with Crippen LogP contribution in [0.1, 0.15) is 26.3 Å². The van der Waals surface area contributed by atoms with Gasteiger partial charge in [-0.25, -0.2) is 8.42 Å². The first kappa shape index (κ1) is 14.5. The average molecular weight is 320 g/mol. The minimum absolute atomic E-state index is 0.108. The van der Waals surface area contributed by atoms with Crippen LogP contribution in [0.25, 0.3) is 0 Å². The summed E-state index contributed by atoms with van der Waals surface area (Å²) in [5.74, 6) is 0.108. The summed E-state index contributed by atoms with van der Waals surface area (Å²) in [7, 11) is -3.30. The fourth-order valence-corrected chi connectivity index (χ4v) is 3.75. The molecule has 0 saturated carbocycles.